The van der Waals surface area contributed by atoms with E-state index in [1.54, 1.807) is 0 Å². The van der Waals surface area contributed by atoms with E-state index in [9.17, 15) is 0 Å². The van der Waals surface area contributed by atoms with Crippen molar-refractivity contribution in [3.05, 3.63) is 46.3 Å². The van der Waals surface area contributed by atoms with Crippen LogP contribution in [0.2, 0.25) is 0 Å². The number of thioether (sulfide) groups is 1. The van der Waals surface area contributed by atoms with Crippen molar-refractivity contribution >= 4 is 46.7 Å². The molecule has 0 spiro atoms. The molecule has 0 bridgehead atoms. The van der Waals surface area contributed by atoms with Gasteiger partial charge in [0.2, 0.25) is 5.95 Å². The zero-order valence-corrected chi connectivity index (χ0v) is 18.3. The molecule has 5 rings (SSSR count). The van der Waals surface area contributed by atoms with Crippen LogP contribution in [0.25, 0.3) is 11.3 Å². The lowest BCUT2D eigenvalue weighted by atomic mass is 10.1. The molecule has 1 aromatic carbocycles. The Hall–Kier alpha value is -1.62. The number of benzene rings is 1. The highest BCUT2D eigenvalue weighted by atomic mass is 32.2. The molecule has 9 heteroatoms. The van der Waals surface area contributed by atoms with Gasteiger partial charge in [0.15, 0.2) is 0 Å². The van der Waals surface area contributed by atoms with Gasteiger partial charge in [0, 0.05) is 70.6 Å². The summed E-state index contributed by atoms with van der Waals surface area (Å²) in [4.78, 5) is 16.9. The summed E-state index contributed by atoms with van der Waals surface area (Å²) in [5.41, 5.74) is 3.25. The summed E-state index contributed by atoms with van der Waals surface area (Å²) in [5.74, 6) is 1.62. The molecule has 1 saturated heterocycles. The number of piperazine rings is 1. The number of thiophene rings is 1. The van der Waals surface area contributed by atoms with Crippen molar-refractivity contribution in [3.63, 3.8) is 0 Å². The molecule has 0 aliphatic carbocycles. The van der Waals surface area contributed by atoms with Gasteiger partial charge in [-0.3, -0.25) is 10.0 Å². The summed E-state index contributed by atoms with van der Waals surface area (Å²) in [7, 11) is 0. The third kappa shape index (κ3) is 4.30. The van der Waals surface area contributed by atoms with E-state index in [1.807, 2.05) is 53.6 Å². The highest BCUT2D eigenvalue weighted by Gasteiger charge is 2.23. The van der Waals surface area contributed by atoms with Gasteiger partial charge in [-0.15, -0.1) is 23.1 Å². The van der Waals surface area contributed by atoms with E-state index in [2.05, 4.69) is 26.6 Å². The first kappa shape index (κ1) is 19.3. The Morgan fingerprint density at radius 1 is 1.24 bits per heavy atom. The van der Waals surface area contributed by atoms with E-state index < -0.39 is 0 Å². The number of hydrogen-bond donors (Lipinski definition) is 3. The second-order valence-corrected chi connectivity index (χ2v) is 9.99. The van der Waals surface area contributed by atoms with Gasteiger partial charge in [0.25, 0.3) is 0 Å². The lowest BCUT2D eigenvalue weighted by molar-refractivity contribution is 0.235. The van der Waals surface area contributed by atoms with E-state index >= 15 is 0 Å². The summed E-state index contributed by atoms with van der Waals surface area (Å²) >= 11 is 4.99. The molecule has 1 fully saturated rings. The zero-order chi connectivity index (χ0) is 19.6. The fraction of sp³-hybridized carbons (Fsp3) is 0.300. The number of hydrogen-bond acceptors (Lipinski definition) is 9. The Kier molecular flexibility index (Phi) is 5.76. The largest absolute Gasteiger partial charge is 0.324 e. The van der Waals surface area contributed by atoms with Gasteiger partial charge in [-0.1, -0.05) is 6.07 Å². The van der Waals surface area contributed by atoms with Gasteiger partial charge >= 0.3 is 0 Å². The summed E-state index contributed by atoms with van der Waals surface area (Å²) < 4.78 is 0. The molecule has 0 atom stereocenters. The Bertz CT molecular complexity index is 1020. The molecular formula is C20H22N6S3. The average Bonchev–Trinajstić information content (AvgIpc) is 3.17. The van der Waals surface area contributed by atoms with Gasteiger partial charge in [-0.2, -0.15) is 0 Å². The van der Waals surface area contributed by atoms with Crippen molar-refractivity contribution in [3.8, 4) is 11.3 Å². The number of rotatable bonds is 5. The predicted molar refractivity (Wildman–Crippen MR) is 123 cm³/mol. The number of nitrogens with one attached hydrogen (secondary N) is 2. The molecule has 150 valence electrons. The summed E-state index contributed by atoms with van der Waals surface area (Å²) in [6.07, 6.45) is 1.94. The maximum absolute atomic E-state index is 5.67. The molecule has 2 aliphatic rings. The van der Waals surface area contributed by atoms with E-state index in [1.165, 1.54) is 27.3 Å². The number of nitrogens with two attached hydrogens (primary N) is 1. The summed E-state index contributed by atoms with van der Waals surface area (Å²) in [6.45, 7) is 5.42. The van der Waals surface area contributed by atoms with Crippen LogP contribution in [0.5, 0.6) is 0 Å². The predicted octanol–water partition coefficient (Wildman–Crippen LogP) is 3.93. The van der Waals surface area contributed by atoms with Crippen LogP contribution < -0.4 is 15.8 Å². The molecule has 3 aromatic rings. The Labute approximate surface area is 182 Å². The van der Waals surface area contributed by atoms with Crippen LogP contribution in [0, 0.1) is 0 Å². The van der Waals surface area contributed by atoms with E-state index in [0.717, 1.165) is 59.6 Å². The fourth-order valence-electron chi connectivity index (χ4n) is 3.61. The summed E-state index contributed by atoms with van der Waals surface area (Å²) in [5, 5.41) is 12.4. The quantitative estimate of drug-likeness (QED) is 0.513. The maximum Gasteiger partial charge on any atom is 0.227 e. The van der Waals surface area contributed by atoms with Crippen LogP contribution in [0.15, 0.2) is 46.3 Å². The van der Waals surface area contributed by atoms with Gasteiger partial charge in [0.05, 0.1) is 10.6 Å². The van der Waals surface area contributed by atoms with Gasteiger partial charge in [-0.25, -0.2) is 9.97 Å². The maximum atomic E-state index is 5.67. The smallest absolute Gasteiger partial charge is 0.227 e. The van der Waals surface area contributed by atoms with E-state index in [4.69, 9.17) is 10.1 Å². The molecule has 4 heterocycles. The van der Waals surface area contributed by atoms with Crippen molar-refractivity contribution in [1.29, 1.82) is 0 Å². The number of nitrogens with zero attached hydrogens (tertiary/aromatic N) is 3. The first-order valence-electron chi connectivity index (χ1n) is 9.57. The van der Waals surface area contributed by atoms with Gasteiger partial charge in [-0.05, 0) is 36.2 Å². The third-order valence-electron chi connectivity index (χ3n) is 5.04. The minimum absolute atomic E-state index is 0.617. The van der Waals surface area contributed by atoms with Crippen molar-refractivity contribution in [1.82, 2.24) is 20.2 Å². The van der Waals surface area contributed by atoms with Crippen molar-refractivity contribution in [2.75, 3.05) is 31.5 Å². The molecule has 0 radical (unpaired) electrons. The molecule has 0 saturated carbocycles. The normalized spacial score (nSPS) is 16.3. The lowest BCUT2D eigenvalue weighted by Gasteiger charge is -2.26. The average molecular weight is 443 g/mol. The van der Waals surface area contributed by atoms with Crippen molar-refractivity contribution in [2.24, 2.45) is 5.14 Å². The minimum Gasteiger partial charge on any atom is -0.324 e. The van der Waals surface area contributed by atoms with E-state index in [-0.39, 0.29) is 0 Å². The SMILES string of the molecule is NSc1cccc(Nc2ncc3c(n2)-c2cc(CN4CCNCC4)sc2CS3)c1. The van der Waals surface area contributed by atoms with Gasteiger partial charge < -0.3 is 10.6 Å². The van der Waals surface area contributed by atoms with Gasteiger partial charge in [0.1, 0.15) is 0 Å². The lowest BCUT2D eigenvalue weighted by Crippen LogP contribution is -2.42. The molecule has 29 heavy (non-hydrogen) atoms. The topological polar surface area (TPSA) is 79.1 Å². The molecule has 0 unspecified atom stereocenters. The molecule has 2 aromatic heterocycles. The monoisotopic (exact) mass is 442 g/mol. The Balaban J connectivity index is 1.40. The first-order chi connectivity index (χ1) is 14.3. The second kappa shape index (κ2) is 8.63. The number of fused-ring (bicyclic) bond motifs is 3. The highest BCUT2D eigenvalue weighted by molar-refractivity contribution is 7.99. The van der Waals surface area contributed by atoms with Crippen LogP contribution in [0.3, 0.4) is 0 Å². The Morgan fingerprint density at radius 3 is 3.00 bits per heavy atom. The van der Waals surface area contributed by atoms with E-state index in [0.29, 0.717) is 5.95 Å². The second-order valence-electron chi connectivity index (χ2n) is 7.04. The van der Waals surface area contributed by atoms with Crippen molar-refractivity contribution < 1.29 is 0 Å². The third-order valence-corrected chi connectivity index (χ3v) is 7.92. The highest BCUT2D eigenvalue weighted by Crippen LogP contribution is 2.44. The number of aromatic nitrogens is 2. The number of anilines is 2. The molecule has 0 amide bonds. The van der Waals surface area contributed by atoms with Crippen LogP contribution in [0.1, 0.15) is 9.75 Å². The van der Waals surface area contributed by atoms with Crippen LogP contribution >= 0.6 is 35.0 Å². The zero-order valence-electron chi connectivity index (χ0n) is 15.9. The van der Waals surface area contributed by atoms with Crippen molar-refractivity contribution in [2.45, 2.75) is 22.1 Å². The molecule has 2 aliphatic heterocycles. The van der Waals surface area contributed by atoms with Crippen LogP contribution in [0.4, 0.5) is 11.6 Å². The molecule has 4 N–H and O–H groups in total. The fourth-order valence-corrected chi connectivity index (χ4v) is 6.24. The first-order valence-corrected chi connectivity index (χ1v) is 12.3. The standard InChI is InChI=1S/C20H22N6S3/c21-29-14-3-1-2-13(8-14)24-20-23-10-17-19(25-20)16-9-15(28-18(16)12-27-17)11-26-6-4-22-5-7-26/h1-3,8-10,22H,4-7,11-12,21H2,(H,23,24,25). The Morgan fingerprint density at radius 2 is 2.14 bits per heavy atom. The summed E-state index contributed by atoms with van der Waals surface area (Å²) in [6, 6.07) is 10.3. The molecular weight excluding hydrogens is 420 g/mol. The van der Waals surface area contributed by atoms with Crippen LogP contribution in [-0.2, 0) is 12.3 Å². The minimum atomic E-state index is 0.617. The van der Waals surface area contributed by atoms with Crippen LogP contribution in [-0.4, -0.2) is 41.0 Å². The molecule has 6 nitrogen and oxygen atoms in total.